The fraction of sp³-hybridized carbons (Fsp3) is 0.235. The van der Waals surface area contributed by atoms with Crippen molar-refractivity contribution in [3.8, 4) is 22.9 Å². The number of hydrogen-bond acceptors (Lipinski definition) is 3. The second-order valence-electron chi connectivity index (χ2n) is 4.62. The lowest BCUT2D eigenvalue weighted by atomic mass is 9.94. The Balaban J connectivity index is 2.65. The number of nitrogens with zero attached hydrogens (tertiary/aromatic N) is 1. The number of nitrogens with one attached hydrogen (secondary N) is 1. The Morgan fingerprint density at radius 1 is 1.15 bits per heavy atom. The van der Waals surface area contributed by atoms with Crippen LogP contribution in [0.15, 0.2) is 42.5 Å². The third kappa shape index (κ3) is 2.66. The Labute approximate surface area is 119 Å². The zero-order valence-electron chi connectivity index (χ0n) is 12.0. The van der Waals surface area contributed by atoms with Crippen LogP contribution in [0, 0.1) is 11.3 Å². The zero-order valence-corrected chi connectivity index (χ0v) is 12.0. The van der Waals surface area contributed by atoms with E-state index in [2.05, 4.69) is 30.4 Å². The van der Waals surface area contributed by atoms with Crippen LogP contribution in [0.1, 0.15) is 24.1 Å². The maximum Gasteiger partial charge on any atom is 0.126 e. The lowest BCUT2D eigenvalue weighted by molar-refractivity contribution is 0.416. The molecule has 0 aliphatic heterocycles. The summed E-state index contributed by atoms with van der Waals surface area (Å²) in [5.41, 5.74) is 3.85. The smallest absolute Gasteiger partial charge is 0.126 e. The average Bonchev–Trinajstić information content (AvgIpc) is 2.53. The van der Waals surface area contributed by atoms with Gasteiger partial charge in [-0.25, -0.2) is 0 Å². The first-order valence-corrected chi connectivity index (χ1v) is 6.56. The van der Waals surface area contributed by atoms with Gasteiger partial charge in [-0.1, -0.05) is 24.3 Å². The van der Waals surface area contributed by atoms with Gasteiger partial charge in [0.25, 0.3) is 0 Å². The Hall–Kier alpha value is -2.31. The van der Waals surface area contributed by atoms with Crippen molar-refractivity contribution in [2.75, 3.05) is 14.2 Å². The number of rotatable bonds is 4. The second-order valence-corrected chi connectivity index (χ2v) is 4.62. The highest BCUT2D eigenvalue weighted by atomic mass is 16.5. The minimum absolute atomic E-state index is 0.224. The summed E-state index contributed by atoms with van der Waals surface area (Å²) in [4.78, 5) is 0. The van der Waals surface area contributed by atoms with E-state index in [9.17, 15) is 0 Å². The molecule has 1 atom stereocenters. The van der Waals surface area contributed by atoms with Gasteiger partial charge in [0, 0.05) is 11.6 Å². The maximum absolute atomic E-state index is 9.09. The van der Waals surface area contributed by atoms with E-state index in [4.69, 9.17) is 10.00 Å². The molecule has 3 nitrogen and oxygen atoms in total. The van der Waals surface area contributed by atoms with Gasteiger partial charge in [0.15, 0.2) is 0 Å². The minimum atomic E-state index is 0.224. The molecule has 0 aliphatic rings. The van der Waals surface area contributed by atoms with Gasteiger partial charge in [0.05, 0.1) is 18.7 Å². The van der Waals surface area contributed by atoms with Gasteiger partial charge in [-0.3, -0.25) is 0 Å². The number of benzene rings is 2. The minimum Gasteiger partial charge on any atom is -0.496 e. The fourth-order valence-electron chi connectivity index (χ4n) is 2.26. The molecular weight excluding hydrogens is 248 g/mol. The van der Waals surface area contributed by atoms with Crippen LogP contribution in [-0.2, 0) is 0 Å². The van der Waals surface area contributed by atoms with Gasteiger partial charge >= 0.3 is 0 Å². The predicted molar refractivity (Wildman–Crippen MR) is 80.6 cm³/mol. The Morgan fingerprint density at radius 3 is 2.55 bits per heavy atom. The second kappa shape index (κ2) is 6.23. The first-order valence-electron chi connectivity index (χ1n) is 6.56. The first kappa shape index (κ1) is 14.1. The molecular formula is C17H18N2O. The summed E-state index contributed by atoms with van der Waals surface area (Å²) in [6, 6.07) is 16.1. The van der Waals surface area contributed by atoms with Crippen molar-refractivity contribution in [1.29, 1.82) is 5.26 Å². The third-order valence-electron chi connectivity index (χ3n) is 3.48. The largest absolute Gasteiger partial charge is 0.496 e. The van der Waals surface area contributed by atoms with Crippen molar-refractivity contribution < 1.29 is 4.74 Å². The van der Waals surface area contributed by atoms with E-state index in [1.165, 1.54) is 5.56 Å². The van der Waals surface area contributed by atoms with Crippen molar-refractivity contribution in [2.24, 2.45) is 0 Å². The number of methoxy groups -OCH3 is 1. The summed E-state index contributed by atoms with van der Waals surface area (Å²) in [5, 5.41) is 12.3. The molecule has 0 saturated heterocycles. The first-order chi connectivity index (χ1) is 9.71. The highest BCUT2D eigenvalue weighted by molar-refractivity contribution is 5.75. The Morgan fingerprint density at radius 2 is 1.90 bits per heavy atom. The molecule has 1 unspecified atom stereocenters. The summed E-state index contributed by atoms with van der Waals surface area (Å²) in [7, 11) is 3.58. The highest BCUT2D eigenvalue weighted by Crippen LogP contribution is 2.35. The number of nitriles is 1. The van der Waals surface area contributed by atoms with E-state index in [-0.39, 0.29) is 6.04 Å². The molecule has 2 aromatic rings. The van der Waals surface area contributed by atoms with Crippen molar-refractivity contribution >= 4 is 0 Å². The molecule has 1 N–H and O–H groups in total. The lowest BCUT2D eigenvalue weighted by Gasteiger charge is -2.17. The molecule has 0 saturated carbocycles. The monoisotopic (exact) mass is 266 g/mol. The third-order valence-corrected chi connectivity index (χ3v) is 3.48. The molecule has 3 heteroatoms. The quantitative estimate of drug-likeness (QED) is 0.921. The van der Waals surface area contributed by atoms with Crippen molar-refractivity contribution in [1.82, 2.24) is 5.32 Å². The predicted octanol–water partition coefficient (Wildman–Crippen LogP) is 3.51. The molecule has 0 amide bonds. The summed E-state index contributed by atoms with van der Waals surface area (Å²) < 4.78 is 5.44. The molecule has 0 heterocycles. The molecule has 0 aliphatic carbocycles. The van der Waals surface area contributed by atoms with E-state index >= 15 is 0 Å². The van der Waals surface area contributed by atoms with E-state index in [0.717, 1.165) is 16.9 Å². The highest BCUT2D eigenvalue weighted by Gasteiger charge is 2.14. The van der Waals surface area contributed by atoms with Crippen LogP contribution in [0.4, 0.5) is 0 Å². The van der Waals surface area contributed by atoms with Crippen LogP contribution < -0.4 is 10.1 Å². The maximum atomic E-state index is 9.09. The van der Waals surface area contributed by atoms with Gasteiger partial charge in [-0.15, -0.1) is 0 Å². The molecule has 0 spiro atoms. The summed E-state index contributed by atoms with van der Waals surface area (Å²) in [6.45, 7) is 2.11. The summed E-state index contributed by atoms with van der Waals surface area (Å²) >= 11 is 0. The van der Waals surface area contributed by atoms with Crippen LogP contribution in [0.5, 0.6) is 5.75 Å². The van der Waals surface area contributed by atoms with Crippen LogP contribution in [-0.4, -0.2) is 14.2 Å². The van der Waals surface area contributed by atoms with Crippen molar-refractivity contribution in [3.63, 3.8) is 0 Å². The van der Waals surface area contributed by atoms with Gasteiger partial charge in [-0.2, -0.15) is 5.26 Å². The molecule has 0 aromatic heterocycles. The number of hydrogen-bond donors (Lipinski definition) is 1. The standard InChI is InChI=1S/C17H18N2O/c1-12(19-2)14-6-4-5-7-15(14)16-10-13(11-18)8-9-17(16)20-3/h4-10,12,19H,1-3H3. The summed E-state index contributed by atoms with van der Waals surface area (Å²) in [6.07, 6.45) is 0. The molecule has 2 rings (SSSR count). The average molecular weight is 266 g/mol. The molecule has 0 bridgehead atoms. The lowest BCUT2D eigenvalue weighted by Crippen LogP contribution is -2.13. The van der Waals surface area contributed by atoms with Crippen LogP contribution >= 0.6 is 0 Å². The van der Waals surface area contributed by atoms with Crippen molar-refractivity contribution in [3.05, 3.63) is 53.6 Å². The number of ether oxygens (including phenoxy) is 1. The van der Waals surface area contributed by atoms with Crippen LogP contribution in [0.25, 0.3) is 11.1 Å². The van der Waals surface area contributed by atoms with Gasteiger partial charge in [-0.05, 0) is 43.3 Å². The Kier molecular flexibility index (Phi) is 4.39. The van der Waals surface area contributed by atoms with Crippen molar-refractivity contribution in [2.45, 2.75) is 13.0 Å². The van der Waals surface area contributed by atoms with Gasteiger partial charge in [0.1, 0.15) is 5.75 Å². The molecule has 0 fully saturated rings. The van der Waals surface area contributed by atoms with Crippen LogP contribution in [0.2, 0.25) is 0 Å². The fourth-order valence-corrected chi connectivity index (χ4v) is 2.26. The van der Waals surface area contributed by atoms with E-state index in [1.54, 1.807) is 13.2 Å². The van der Waals surface area contributed by atoms with Gasteiger partial charge < -0.3 is 10.1 Å². The van der Waals surface area contributed by atoms with E-state index < -0.39 is 0 Å². The zero-order chi connectivity index (χ0) is 14.5. The summed E-state index contributed by atoms with van der Waals surface area (Å²) in [5.74, 6) is 0.778. The van der Waals surface area contributed by atoms with Gasteiger partial charge in [0.2, 0.25) is 0 Å². The van der Waals surface area contributed by atoms with E-state index in [1.807, 2.05) is 31.3 Å². The van der Waals surface area contributed by atoms with Crippen LogP contribution in [0.3, 0.4) is 0 Å². The molecule has 2 aromatic carbocycles. The molecule has 0 radical (unpaired) electrons. The SMILES string of the molecule is CNC(C)c1ccccc1-c1cc(C#N)ccc1OC. The topological polar surface area (TPSA) is 45.0 Å². The van der Waals surface area contributed by atoms with E-state index in [0.29, 0.717) is 5.56 Å². The molecule has 102 valence electrons. The Bertz CT molecular complexity index is 644. The normalized spacial score (nSPS) is 11.7. The molecule has 20 heavy (non-hydrogen) atoms.